The van der Waals surface area contributed by atoms with E-state index in [4.69, 9.17) is 4.42 Å². The number of pyridine rings is 1. The molecule has 2 aromatic heterocycles. The predicted octanol–water partition coefficient (Wildman–Crippen LogP) is 1.69. The van der Waals surface area contributed by atoms with E-state index in [9.17, 15) is 4.79 Å². The van der Waals surface area contributed by atoms with Crippen molar-refractivity contribution in [2.45, 2.75) is 6.42 Å². The largest absolute Gasteiger partial charge is 0.469 e. The zero-order valence-electron chi connectivity index (χ0n) is 10.1. The van der Waals surface area contributed by atoms with E-state index in [1.807, 2.05) is 18.2 Å². The van der Waals surface area contributed by atoms with Crippen LogP contribution in [0, 0.1) is 0 Å². The molecular weight excluding hydrogens is 230 g/mol. The minimum Gasteiger partial charge on any atom is -0.469 e. The van der Waals surface area contributed by atoms with Crippen molar-refractivity contribution in [2.75, 3.05) is 18.9 Å². The van der Waals surface area contributed by atoms with E-state index in [0.717, 1.165) is 24.4 Å². The van der Waals surface area contributed by atoms with Gasteiger partial charge in [-0.1, -0.05) is 0 Å². The molecule has 0 unspecified atom stereocenters. The van der Waals surface area contributed by atoms with Gasteiger partial charge in [-0.2, -0.15) is 0 Å². The minimum absolute atomic E-state index is 0.190. The van der Waals surface area contributed by atoms with Gasteiger partial charge < -0.3 is 15.1 Å². The second-order valence-electron chi connectivity index (χ2n) is 3.77. The summed E-state index contributed by atoms with van der Waals surface area (Å²) < 4.78 is 5.23. The van der Waals surface area contributed by atoms with Crippen molar-refractivity contribution in [2.24, 2.45) is 0 Å². The lowest BCUT2D eigenvalue weighted by Gasteiger charge is -2.06. The maximum atomic E-state index is 11.4. The minimum atomic E-state index is -0.190. The number of nitrogens with zero attached hydrogens (tertiary/aromatic N) is 1. The molecule has 2 aromatic rings. The Morgan fingerprint density at radius 2 is 2.33 bits per heavy atom. The average molecular weight is 245 g/mol. The second-order valence-corrected chi connectivity index (χ2v) is 3.77. The number of anilines is 1. The lowest BCUT2D eigenvalue weighted by Crippen LogP contribution is -2.19. The predicted molar refractivity (Wildman–Crippen MR) is 68.5 cm³/mol. The van der Waals surface area contributed by atoms with Crippen molar-refractivity contribution in [1.82, 2.24) is 10.3 Å². The highest BCUT2D eigenvalue weighted by molar-refractivity contribution is 5.92. The van der Waals surface area contributed by atoms with Gasteiger partial charge in [0.15, 0.2) is 0 Å². The Morgan fingerprint density at radius 3 is 3.06 bits per heavy atom. The standard InChI is InChI=1S/C13H15N3O2/c1-14-13(17)12-9-10(4-6-16-12)15-7-5-11-3-2-8-18-11/h2-4,6,8-9H,5,7H2,1H3,(H,14,17)(H,15,16). The van der Waals surface area contributed by atoms with Crippen molar-refractivity contribution in [3.63, 3.8) is 0 Å². The van der Waals surface area contributed by atoms with Gasteiger partial charge in [0.05, 0.1) is 6.26 Å². The van der Waals surface area contributed by atoms with Crippen LogP contribution in [0.2, 0.25) is 0 Å². The fourth-order valence-corrected chi connectivity index (χ4v) is 1.58. The quantitative estimate of drug-likeness (QED) is 0.841. The molecule has 0 aromatic carbocycles. The molecule has 5 nitrogen and oxygen atoms in total. The van der Waals surface area contributed by atoms with Crippen LogP contribution in [-0.4, -0.2) is 24.5 Å². The molecule has 5 heteroatoms. The fourth-order valence-electron chi connectivity index (χ4n) is 1.58. The summed E-state index contributed by atoms with van der Waals surface area (Å²) in [5.41, 5.74) is 1.27. The number of carbonyl (C=O) groups excluding carboxylic acids is 1. The lowest BCUT2D eigenvalue weighted by atomic mass is 10.3. The number of amides is 1. The van der Waals surface area contributed by atoms with E-state index in [0.29, 0.717) is 5.69 Å². The number of aromatic nitrogens is 1. The van der Waals surface area contributed by atoms with Gasteiger partial charge in [0, 0.05) is 31.9 Å². The van der Waals surface area contributed by atoms with Crippen molar-refractivity contribution >= 4 is 11.6 Å². The maximum absolute atomic E-state index is 11.4. The molecule has 0 aliphatic heterocycles. The fraction of sp³-hybridized carbons (Fsp3) is 0.231. The van der Waals surface area contributed by atoms with E-state index in [1.54, 1.807) is 25.6 Å². The first kappa shape index (κ1) is 12.2. The molecule has 0 saturated heterocycles. The van der Waals surface area contributed by atoms with Crippen molar-refractivity contribution < 1.29 is 9.21 Å². The summed E-state index contributed by atoms with van der Waals surface area (Å²) in [6.45, 7) is 0.741. The van der Waals surface area contributed by atoms with Crippen LogP contribution in [-0.2, 0) is 6.42 Å². The molecule has 0 fully saturated rings. The van der Waals surface area contributed by atoms with E-state index < -0.39 is 0 Å². The molecule has 0 aliphatic carbocycles. The smallest absolute Gasteiger partial charge is 0.269 e. The van der Waals surface area contributed by atoms with Crippen LogP contribution in [0.4, 0.5) is 5.69 Å². The van der Waals surface area contributed by atoms with Gasteiger partial charge in [-0.25, -0.2) is 0 Å². The topological polar surface area (TPSA) is 67.2 Å². The molecular formula is C13H15N3O2. The van der Waals surface area contributed by atoms with E-state index >= 15 is 0 Å². The van der Waals surface area contributed by atoms with Crippen LogP contribution < -0.4 is 10.6 Å². The maximum Gasteiger partial charge on any atom is 0.269 e. The van der Waals surface area contributed by atoms with Gasteiger partial charge in [-0.3, -0.25) is 9.78 Å². The molecule has 0 bridgehead atoms. The van der Waals surface area contributed by atoms with Gasteiger partial charge >= 0.3 is 0 Å². The van der Waals surface area contributed by atoms with Gasteiger partial charge in [-0.05, 0) is 24.3 Å². The van der Waals surface area contributed by atoms with Gasteiger partial charge in [0.1, 0.15) is 11.5 Å². The number of rotatable bonds is 5. The SMILES string of the molecule is CNC(=O)c1cc(NCCc2ccco2)ccn1. The summed E-state index contributed by atoms with van der Waals surface area (Å²) in [6.07, 6.45) is 4.07. The molecule has 2 heterocycles. The Kier molecular flexibility index (Phi) is 3.96. The van der Waals surface area contributed by atoms with Crippen LogP contribution >= 0.6 is 0 Å². The second kappa shape index (κ2) is 5.86. The Hall–Kier alpha value is -2.30. The summed E-state index contributed by atoms with van der Waals surface area (Å²) in [5, 5.41) is 5.77. The van der Waals surface area contributed by atoms with Crippen LogP contribution in [0.5, 0.6) is 0 Å². The van der Waals surface area contributed by atoms with Crippen LogP contribution in [0.1, 0.15) is 16.2 Å². The average Bonchev–Trinajstić information content (AvgIpc) is 2.91. The first-order valence-corrected chi connectivity index (χ1v) is 5.74. The third-order valence-electron chi connectivity index (χ3n) is 2.50. The molecule has 2 N–H and O–H groups in total. The monoisotopic (exact) mass is 245 g/mol. The third-order valence-corrected chi connectivity index (χ3v) is 2.50. The number of nitrogens with one attached hydrogen (secondary N) is 2. The molecule has 0 atom stereocenters. The summed E-state index contributed by atoms with van der Waals surface area (Å²) in [5.74, 6) is 0.743. The first-order chi connectivity index (χ1) is 8.79. The molecule has 2 rings (SSSR count). The molecule has 0 radical (unpaired) electrons. The van der Waals surface area contributed by atoms with Gasteiger partial charge in [0.25, 0.3) is 5.91 Å². The van der Waals surface area contributed by atoms with Crippen LogP contribution in [0.25, 0.3) is 0 Å². The number of carbonyl (C=O) groups is 1. The van der Waals surface area contributed by atoms with E-state index in [2.05, 4.69) is 15.6 Å². The molecule has 18 heavy (non-hydrogen) atoms. The Balaban J connectivity index is 1.91. The summed E-state index contributed by atoms with van der Waals surface area (Å²) >= 11 is 0. The molecule has 0 spiro atoms. The summed E-state index contributed by atoms with van der Waals surface area (Å²) in [4.78, 5) is 15.4. The summed E-state index contributed by atoms with van der Waals surface area (Å²) in [7, 11) is 1.58. The highest BCUT2D eigenvalue weighted by Gasteiger charge is 2.05. The zero-order valence-corrected chi connectivity index (χ0v) is 10.1. The van der Waals surface area contributed by atoms with Gasteiger partial charge in [-0.15, -0.1) is 0 Å². The number of hydrogen-bond acceptors (Lipinski definition) is 4. The normalized spacial score (nSPS) is 10.1. The molecule has 0 aliphatic rings. The first-order valence-electron chi connectivity index (χ1n) is 5.74. The molecule has 0 saturated carbocycles. The highest BCUT2D eigenvalue weighted by atomic mass is 16.3. The Morgan fingerprint density at radius 1 is 1.44 bits per heavy atom. The van der Waals surface area contributed by atoms with Gasteiger partial charge in [0.2, 0.25) is 0 Å². The number of furan rings is 1. The van der Waals surface area contributed by atoms with Crippen LogP contribution in [0.15, 0.2) is 41.1 Å². The van der Waals surface area contributed by atoms with Crippen LogP contribution in [0.3, 0.4) is 0 Å². The van der Waals surface area contributed by atoms with E-state index in [-0.39, 0.29) is 5.91 Å². The van der Waals surface area contributed by atoms with Crippen molar-refractivity contribution in [3.8, 4) is 0 Å². The summed E-state index contributed by atoms with van der Waals surface area (Å²) in [6, 6.07) is 7.35. The van der Waals surface area contributed by atoms with Crippen molar-refractivity contribution in [1.29, 1.82) is 0 Å². The molecule has 1 amide bonds. The third kappa shape index (κ3) is 3.10. The Labute approximate surface area is 105 Å². The lowest BCUT2D eigenvalue weighted by molar-refractivity contribution is 0.0958. The zero-order chi connectivity index (χ0) is 12.8. The number of hydrogen-bond donors (Lipinski definition) is 2. The van der Waals surface area contributed by atoms with Crippen molar-refractivity contribution in [3.05, 3.63) is 48.2 Å². The van der Waals surface area contributed by atoms with E-state index in [1.165, 1.54) is 0 Å². The molecule has 94 valence electrons. The Bertz CT molecular complexity index is 509. The highest BCUT2D eigenvalue weighted by Crippen LogP contribution is 2.08.